The second-order valence-electron chi connectivity index (χ2n) is 5.78. The summed E-state index contributed by atoms with van der Waals surface area (Å²) < 4.78 is 13.1. The number of amides is 1. The molecule has 0 saturated heterocycles. The van der Waals surface area contributed by atoms with Gasteiger partial charge in [0.25, 0.3) is 0 Å². The van der Waals surface area contributed by atoms with Crippen molar-refractivity contribution < 1.29 is 9.18 Å². The molecule has 0 radical (unpaired) electrons. The van der Waals surface area contributed by atoms with Crippen molar-refractivity contribution in [1.29, 1.82) is 0 Å². The summed E-state index contributed by atoms with van der Waals surface area (Å²) in [6.07, 6.45) is 5.02. The predicted molar refractivity (Wildman–Crippen MR) is 105 cm³/mol. The minimum atomic E-state index is -0.254. The van der Waals surface area contributed by atoms with Gasteiger partial charge in [-0.25, -0.2) is 4.39 Å². The van der Waals surface area contributed by atoms with Gasteiger partial charge in [0, 0.05) is 32.6 Å². The van der Waals surface area contributed by atoms with Gasteiger partial charge in [0.1, 0.15) is 5.82 Å². The Hall–Kier alpha value is -1.38. The fraction of sp³-hybridized carbons (Fsp3) is 0.529. The van der Waals surface area contributed by atoms with E-state index in [0.717, 1.165) is 18.4 Å². The number of hydrogen-bond donors (Lipinski definition) is 3. The van der Waals surface area contributed by atoms with Crippen LogP contribution in [0, 0.1) is 5.82 Å². The first-order valence-electron chi connectivity index (χ1n) is 8.15. The van der Waals surface area contributed by atoms with Gasteiger partial charge in [0.2, 0.25) is 5.91 Å². The lowest BCUT2D eigenvalue weighted by molar-refractivity contribution is -0.121. The average molecular weight is 448 g/mol. The Balaban J connectivity index is 0.00000288. The van der Waals surface area contributed by atoms with Gasteiger partial charge in [-0.05, 0) is 30.5 Å². The van der Waals surface area contributed by atoms with Crippen LogP contribution in [0.2, 0.25) is 0 Å². The van der Waals surface area contributed by atoms with Crippen LogP contribution in [0.15, 0.2) is 29.3 Å². The quantitative estimate of drug-likeness (QED) is 0.356. The first-order chi connectivity index (χ1) is 11.2. The first-order valence-corrected chi connectivity index (χ1v) is 8.15. The maximum absolute atomic E-state index is 13.1. The molecule has 7 heteroatoms. The molecule has 2 rings (SSSR count). The molecule has 5 nitrogen and oxygen atoms in total. The zero-order valence-electron chi connectivity index (χ0n) is 14.0. The van der Waals surface area contributed by atoms with E-state index in [1.807, 2.05) is 6.07 Å². The molecule has 0 unspecified atom stereocenters. The second kappa shape index (κ2) is 11.2. The minimum absolute atomic E-state index is 0. The Labute approximate surface area is 159 Å². The number of carbonyl (C=O) groups is 1. The van der Waals surface area contributed by atoms with Crippen LogP contribution in [0.5, 0.6) is 0 Å². The highest BCUT2D eigenvalue weighted by atomic mass is 127. The van der Waals surface area contributed by atoms with Crippen LogP contribution in [0.3, 0.4) is 0 Å². The highest BCUT2D eigenvalue weighted by molar-refractivity contribution is 14.0. The smallest absolute Gasteiger partial charge is 0.221 e. The lowest BCUT2D eigenvalue weighted by Crippen LogP contribution is -2.40. The summed E-state index contributed by atoms with van der Waals surface area (Å²) in [5, 5.41) is 9.25. The van der Waals surface area contributed by atoms with Crippen LogP contribution < -0.4 is 16.0 Å². The summed E-state index contributed by atoms with van der Waals surface area (Å²) in [6, 6.07) is 6.77. The highest BCUT2D eigenvalue weighted by Crippen LogP contribution is 2.17. The van der Waals surface area contributed by atoms with Crippen molar-refractivity contribution in [2.24, 2.45) is 4.99 Å². The Bertz CT molecular complexity index is 547. The number of nitrogens with zero attached hydrogens (tertiary/aromatic N) is 1. The van der Waals surface area contributed by atoms with Crippen LogP contribution in [0.1, 0.15) is 37.7 Å². The van der Waals surface area contributed by atoms with E-state index in [1.165, 1.54) is 25.0 Å². The number of nitrogens with one attached hydrogen (secondary N) is 3. The maximum atomic E-state index is 13.1. The average Bonchev–Trinajstić information content (AvgIpc) is 3.03. The molecule has 1 saturated carbocycles. The minimum Gasteiger partial charge on any atom is -0.356 e. The second-order valence-corrected chi connectivity index (χ2v) is 5.78. The van der Waals surface area contributed by atoms with Crippen LogP contribution >= 0.6 is 24.0 Å². The predicted octanol–water partition coefficient (Wildman–Crippen LogP) is 2.56. The van der Waals surface area contributed by atoms with Crippen LogP contribution in [-0.4, -0.2) is 31.5 Å². The number of aliphatic imine (C=N–C) groups is 1. The highest BCUT2D eigenvalue weighted by Gasteiger charge is 2.16. The summed E-state index contributed by atoms with van der Waals surface area (Å²) in [6.45, 7) is 0.993. The van der Waals surface area contributed by atoms with Gasteiger partial charge >= 0.3 is 0 Å². The third-order valence-corrected chi connectivity index (χ3v) is 3.94. The van der Waals surface area contributed by atoms with E-state index in [-0.39, 0.29) is 35.7 Å². The topological polar surface area (TPSA) is 65.5 Å². The standard InChI is InChI=1S/C17H25FN4O.HI/c1-19-17(21-12-13-5-4-6-14(18)11-13)20-10-9-16(23)22-15-7-2-3-8-15;/h4-6,11,15H,2-3,7-10,12H2,1H3,(H,22,23)(H2,19,20,21);1H. The van der Waals surface area contributed by atoms with Gasteiger partial charge < -0.3 is 16.0 Å². The molecule has 0 bridgehead atoms. The van der Waals surface area contributed by atoms with E-state index in [9.17, 15) is 9.18 Å². The number of halogens is 2. The molecule has 1 fully saturated rings. The molecular formula is C17H26FIN4O. The summed E-state index contributed by atoms with van der Waals surface area (Å²) >= 11 is 0. The van der Waals surface area contributed by atoms with E-state index in [0.29, 0.717) is 31.5 Å². The molecule has 1 aromatic rings. The monoisotopic (exact) mass is 448 g/mol. The molecule has 1 aliphatic carbocycles. The molecule has 3 N–H and O–H groups in total. The van der Waals surface area contributed by atoms with Gasteiger partial charge in [-0.15, -0.1) is 24.0 Å². The van der Waals surface area contributed by atoms with E-state index in [4.69, 9.17) is 0 Å². The maximum Gasteiger partial charge on any atom is 0.221 e. The molecule has 0 aliphatic heterocycles. The Morgan fingerprint density at radius 3 is 2.71 bits per heavy atom. The Morgan fingerprint density at radius 1 is 1.29 bits per heavy atom. The third-order valence-electron chi connectivity index (χ3n) is 3.94. The summed E-state index contributed by atoms with van der Waals surface area (Å²) in [5.74, 6) is 0.420. The number of carbonyl (C=O) groups excluding carboxylic acids is 1. The zero-order chi connectivity index (χ0) is 16.5. The van der Waals surface area contributed by atoms with Crippen LogP contribution in [0.25, 0.3) is 0 Å². The zero-order valence-corrected chi connectivity index (χ0v) is 16.3. The van der Waals surface area contributed by atoms with Gasteiger partial charge in [-0.3, -0.25) is 9.79 Å². The summed E-state index contributed by atoms with van der Waals surface area (Å²) in [4.78, 5) is 15.9. The van der Waals surface area contributed by atoms with E-state index < -0.39 is 0 Å². The summed E-state index contributed by atoms with van der Waals surface area (Å²) in [7, 11) is 1.67. The van der Waals surface area contributed by atoms with Gasteiger partial charge in [0.15, 0.2) is 5.96 Å². The number of rotatable bonds is 6. The first kappa shape index (κ1) is 20.7. The van der Waals surface area contributed by atoms with Crippen molar-refractivity contribution in [3.05, 3.63) is 35.6 Å². The molecule has 0 heterocycles. The SMILES string of the molecule is CN=C(NCCC(=O)NC1CCCC1)NCc1cccc(F)c1.I. The lowest BCUT2D eigenvalue weighted by Gasteiger charge is -2.14. The van der Waals surface area contributed by atoms with Crippen LogP contribution in [0.4, 0.5) is 4.39 Å². The van der Waals surface area contributed by atoms with Crippen molar-refractivity contribution in [1.82, 2.24) is 16.0 Å². The van der Waals surface area contributed by atoms with Gasteiger partial charge in [-0.1, -0.05) is 25.0 Å². The van der Waals surface area contributed by atoms with Crippen molar-refractivity contribution >= 4 is 35.8 Å². The van der Waals surface area contributed by atoms with E-state index in [2.05, 4.69) is 20.9 Å². The Kier molecular flexibility index (Phi) is 9.66. The molecule has 0 aromatic heterocycles. The van der Waals surface area contributed by atoms with Gasteiger partial charge in [0.05, 0.1) is 0 Å². The molecule has 1 aromatic carbocycles. The molecule has 0 spiro atoms. The number of benzene rings is 1. The van der Waals surface area contributed by atoms with Crippen molar-refractivity contribution in [2.45, 2.75) is 44.7 Å². The normalized spacial score (nSPS) is 14.8. The molecule has 24 heavy (non-hydrogen) atoms. The molecular weight excluding hydrogens is 422 g/mol. The fourth-order valence-electron chi connectivity index (χ4n) is 2.72. The molecule has 1 aliphatic rings. The molecule has 0 atom stereocenters. The van der Waals surface area contributed by atoms with E-state index >= 15 is 0 Å². The lowest BCUT2D eigenvalue weighted by atomic mass is 10.2. The van der Waals surface area contributed by atoms with Crippen LogP contribution in [-0.2, 0) is 11.3 Å². The van der Waals surface area contributed by atoms with Gasteiger partial charge in [-0.2, -0.15) is 0 Å². The number of hydrogen-bond acceptors (Lipinski definition) is 2. The van der Waals surface area contributed by atoms with Crippen molar-refractivity contribution in [3.63, 3.8) is 0 Å². The largest absolute Gasteiger partial charge is 0.356 e. The number of guanidine groups is 1. The van der Waals surface area contributed by atoms with E-state index in [1.54, 1.807) is 13.1 Å². The summed E-state index contributed by atoms with van der Waals surface area (Å²) in [5.41, 5.74) is 0.840. The molecule has 1 amide bonds. The molecule has 134 valence electrons. The Morgan fingerprint density at radius 2 is 2.04 bits per heavy atom. The fourth-order valence-corrected chi connectivity index (χ4v) is 2.72. The van der Waals surface area contributed by atoms with Crippen molar-refractivity contribution in [3.8, 4) is 0 Å². The third kappa shape index (κ3) is 7.46. The van der Waals surface area contributed by atoms with Crippen molar-refractivity contribution in [2.75, 3.05) is 13.6 Å².